The first-order valence-electron chi connectivity index (χ1n) is 9.54. The van der Waals surface area contributed by atoms with E-state index in [-0.39, 0.29) is 12.5 Å². The predicted molar refractivity (Wildman–Crippen MR) is 118 cm³/mol. The van der Waals surface area contributed by atoms with Gasteiger partial charge in [-0.1, -0.05) is 35.9 Å². The largest absolute Gasteiger partial charge is 0.468 e. The lowest BCUT2D eigenvalue weighted by atomic mass is 10.2. The van der Waals surface area contributed by atoms with E-state index in [1.54, 1.807) is 6.26 Å². The number of anilines is 1. The molecule has 0 radical (unpaired) electrons. The molecule has 0 aliphatic heterocycles. The molecule has 1 amide bonds. The Kier molecular flexibility index (Phi) is 5.97. The summed E-state index contributed by atoms with van der Waals surface area (Å²) in [5.41, 5.74) is 3.69. The lowest BCUT2D eigenvalue weighted by molar-refractivity contribution is -0.115. The van der Waals surface area contributed by atoms with Gasteiger partial charge in [-0.2, -0.15) is 0 Å². The molecule has 0 bridgehead atoms. The number of nitrogens with one attached hydrogen (secondary N) is 2. The number of nitrogens with zero attached hydrogens (tertiary/aromatic N) is 2. The minimum Gasteiger partial charge on any atom is -0.468 e. The van der Waals surface area contributed by atoms with Crippen LogP contribution in [0.25, 0.3) is 16.9 Å². The number of amides is 1. The summed E-state index contributed by atoms with van der Waals surface area (Å²) in [6.07, 6.45) is 3.51. The molecule has 7 heteroatoms. The van der Waals surface area contributed by atoms with Gasteiger partial charge in [0.1, 0.15) is 5.76 Å². The number of halogens is 1. The Hall–Kier alpha value is -3.35. The van der Waals surface area contributed by atoms with Crippen molar-refractivity contribution in [1.29, 1.82) is 0 Å². The molecule has 0 spiro atoms. The normalized spacial score (nSPS) is 10.9. The number of aromatic nitrogens is 2. The number of imidazole rings is 1. The Bertz CT molecular complexity index is 1130. The maximum Gasteiger partial charge on any atom is 0.240 e. The van der Waals surface area contributed by atoms with Crippen molar-refractivity contribution in [3.8, 4) is 16.9 Å². The number of carbonyl (C=O) groups excluding carboxylic acids is 1. The second-order valence-electron chi connectivity index (χ2n) is 6.90. The van der Waals surface area contributed by atoms with Gasteiger partial charge in [0.2, 0.25) is 11.9 Å². The SMILES string of the molecule is Cc1cccc(-n2cc(-c3ccc(Cl)cc3)nc2NC(=O)CNCc2ccco2)c1. The topological polar surface area (TPSA) is 72.1 Å². The third kappa shape index (κ3) is 4.79. The Labute approximate surface area is 179 Å². The van der Waals surface area contributed by atoms with Crippen LogP contribution in [0.2, 0.25) is 5.02 Å². The Morgan fingerprint density at radius 2 is 1.97 bits per heavy atom. The van der Waals surface area contributed by atoms with Crippen molar-refractivity contribution in [3.05, 3.63) is 89.5 Å². The standard InChI is InChI=1S/C23H21ClN4O2/c1-16-4-2-5-19(12-16)28-15-21(17-7-9-18(24)10-8-17)26-23(28)27-22(29)14-25-13-20-6-3-11-30-20/h2-12,15,25H,13-14H2,1H3,(H,26,27,29). The van der Waals surface area contributed by atoms with Crippen LogP contribution in [0.1, 0.15) is 11.3 Å². The molecule has 2 aromatic carbocycles. The summed E-state index contributed by atoms with van der Waals surface area (Å²) in [4.78, 5) is 17.2. The predicted octanol–water partition coefficient (Wildman–Crippen LogP) is 4.82. The van der Waals surface area contributed by atoms with Crippen molar-refractivity contribution in [2.45, 2.75) is 13.5 Å². The van der Waals surface area contributed by atoms with Gasteiger partial charge in [0.15, 0.2) is 0 Å². The first kappa shape index (κ1) is 19.9. The zero-order chi connectivity index (χ0) is 20.9. The van der Waals surface area contributed by atoms with Crippen LogP contribution in [0.15, 0.2) is 77.5 Å². The van der Waals surface area contributed by atoms with Crippen molar-refractivity contribution >= 4 is 23.5 Å². The highest BCUT2D eigenvalue weighted by molar-refractivity contribution is 6.30. The molecular formula is C23H21ClN4O2. The number of furan rings is 1. The molecule has 0 saturated carbocycles. The second-order valence-corrected chi connectivity index (χ2v) is 7.33. The average molecular weight is 421 g/mol. The molecule has 6 nitrogen and oxygen atoms in total. The Morgan fingerprint density at radius 1 is 1.13 bits per heavy atom. The summed E-state index contributed by atoms with van der Waals surface area (Å²) < 4.78 is 7.14. The molecule has 2 aromatic heterocycles. The molecule has 4 rings (SSSR count). The van der Waals surface area contributed by atoms with Gasteiger partial charge in [-0.05, 0) is 48.9 Å². The zero-order valence-corrected chi connectivity index (χ0v) is 17.2. The molecule has 2 heterocycles. The van der Waals surface area contributed by atoms with Crippen molar-refractivity contribution < 1.29 is 9.21 Å². The van der Waals surface area contributed by atoms with Gasteiger partial charge in [-0.25, -0.2) is 4.98 Å². The summed E-state index contributed by atoms with van der Waals surface area (Å²) in [5.74, 6) is 1.04. The summed E-state index contributed by atoms with van der Waals surface area (Å²) in [7, 11) is 0. The fraction of sp³-hybridized carbons (Fsp3) is 0.130. The molecular weight excluding hydrogens is 400 g/mol. The molecule has 0 fully saturated rings. The number of aryl methyl sites for hydroxylation is 1. The molecule has 4 aromatic rings. The molecule has 0 saturated heterocycles. The van der Waals surface area contributed by atoms with Gasteiger partial charge >= 0.3 is 0 Å². The number of hydrogen-bond acceptors (Lipinski definition) is 4. The first-order chi connectivity index (χ1) is 14.6. The third-order valence-electron chi connectivity index (χ3n) is 4.54. The van der Waals surface area contributed by atoms with Gasteiger partial charge in [0, 0.05) is 22.5 Å². The maximum absolute atomic E-state index is 12.5. The molecule has 30 heavy (non-hydrogen) atoms. The van der Waals surface area contributed by atoms with Gasteiger partial charge in [-0.3, -0.25) is 14.7 Å². The van der Waals surface area contributed by atoms with Crippen molar-refractivity contribution in [2.24, 2.45) is 0 Å². The monoisotopic (exact) mass is 420 g/mol. The van der Waals surface area contributed by atoms with Crippen molar-refractivity contribution in [2.75, 3.05) is 11.9 Å². The highest BCUT2D eigenvalue weighted by Crippen LogP contribution is 2.25. The van der Waals surface area contributed by atoms with E-state index in [1.165, 1.54) is 0 Å². The zero-order valence-electron chi connectivity index (χ0n) is 16.4. The fourth-order valence-corrected chi connectivity index (χ4v) is 3.21. The summed E-state index contributed by atoms with van der Waals surface area (Å²) >= 11 is 6.01. The van der Waals surface area contributed by atoms with Crippen molar-refractivity contribution in [3.63, 3.8) is 0 Å². The van der Waals surface area contributed by atoms with Gasteiger partial charge in [-0.15, -0.1) is 0 Å². The molecule has 152 valence electrons. The van der Waals surface area contributed by atoms with E-state index < -0.39 is 0 Å². The molecule has 0 atom stereocenters. The smallest absolute Gasteiger partial charge is 0.240 e. The summed E-state index contributed by atoms with van der Waals surface area (Å²) in [6, 6.07) is 19.1. The lowest BCUT2D eigenvalue weighted by Gasteiger charge is -2.10. The van der Waals surface area contributed by atoms with E-state index in [0.717, 1.165) is 28.3 Å². The van der Waals surface area contributed by atoms with Crippen molar-refractivity contribution in [1.82, 2.24) is 14.9 Å². The van der Waals surface area contributed by atoms with Crippen LogP contribution in [-0.4, -0.2) is 22.0 Å². The van der Waals surface area contributed by atoms with E-state index in [9.17, 15) is 4.79 Å². The number of carbonyl (C=O) groups is 1. The molecule has 2 N–H and O–H groups in total. The van der Waals surface area contributed by atoms with Crippen LogP contribution in [0.4, 0.5) is 5.95 Å². The highest BCUT2D eigenvalue weighted by atomic mass is 35.5. The van der Waals surface area contributed by atoms with Gasteiger partial charge < -0.3 is 9.73 Å². The minimum absolute atomic E-state index is 0.137. The number of rotatable bonds is 7. The summed E-state index contributed by atoms with van der Waals surface area (Å²) in [6.45, 7) is 2.64. The summed E-state index contributed by atoms with van der Waals surface area (Å²) in [5, 5.41) is 6.63. The van der Waals surface area contributed by atoms with Gasteiger partial charge in [0.05, 0.1) is 25.0 Å². The van der Waals surface area contributed by atoms with E-state index in [4.69, 9.17) is 16.0 Å². The second kappa shape index (κ2) is 8.98. The number of hydrogen-bond donors (Lipinski definition) is 2. The van der Waals surface area contributed by atoms with Crippen LogP contribution in [0.5, 0.6) is 0 Å². The molecule has 0 unspecified atom stereocenters. The first-order valence-corrected chi connectivity index (χ1v) is 9.91. The fourth-order valence-electron chi connectivity index (χ4n) is 3.08. The van der Waals surface area contributed by atoms with E-state index in [0.29, 0.717) is 17.5 Å². The maximum atomic E-state index is 12.5. The molecule has 0 aliphatic rings. The lowest BCUT2D eigenvalue weighted by Crippen LogP contribution is -2.28. The molecule has 0 aliphatic carbocycles. The van der Waals surface area contributed by atoms with E-state index in [1.807, 2.05) is 78.4 Å². The van der Waals surface area contributed by atoms with E-state index in [2.05, 4.69) is 15.6 Å². The quantitative estimate of drug-likeness (QED) is 0.449. The van der Waals surface area contributed by atoms with Gasteiger partial charge in [0.25, 0.3) is 0 Å². The van der Waals surface area contributed by atoms with Crippen LogP contribution in [0.3, 0.4) is 0 Å². The average Bonchev–Trinajstić information content (AvgIpc) is 3.39. The van der Waals surface area contributed by atoms with Crippen LogP contribution >= 0.6 is 11.6 Å². The Balaban J connectivity index is 1.56. The highest BCUT2D eigenvalue weighted by Gasteiger charge is 2.14. The Morgan fingerprint density at radius 3 is 2.70 bits per heavy atom. The van der Waals surface area contributed by atoms with Crippen LogP contribution < -0.4 is 10.6 Å². The van der Waals surface area contributed by atoms with E-state index >= 15 is 0 Å². The van der Waals surface area contributed by atoms with Crippen LogP contribution in [0, 0.1) is 6.92 Å². The third-order valence-corrected chi connectivity index (χ3v) is 4.79. The number of benzene rings is 2. The van der Waals surface area contributed by atoms with Crippen LogP contribution in [-0.2, 0) is 11.3 Å². The minimum atomic E-state index is -0.191.